The van der Waals surface area contributed by atoms with Crippen molar-refractivity contribution in [2.75, 3.05) is 13.6 Å². The van der Waals surface area contributed by atoms with E-state index in [1.165, 1.54) is 12.8 Å². The topological polar surface area (TPSA) is 37.6 Å². The Bertz CT molecular complexity index is 575. The Morgan fingerprint density at radius 3 is 3.11 bits per heavy atom. The molecule has 0 aromatic carbocycles. The molecule has 0 amide bonds. The van der Waals surface area contributed by atoms with E-state index in [-0.39, 0.29) is 0 Å². The number of imidazole rings is 1. The number of pyridine rings is 1. The molecule has 2 aromatic rings. The molecule has 1 unspecified atom stereocenters. The first-order valence-electron chi connectivity index (χ1n) is 6.42. The molecule has 1 fully saturated rings. The Hall–Kier alpha value is -1.68. The number of carbonyl (C=O) groups is 1. The van der Waals surface area contributed by atoms with Gasteiger partial charge in [-0.15, -0.1) is 0 Å². The minimum atomic E-state index is 0.364. The smallest absolute Gasteiger partial charge is 0.152 e. The van der Waals surface area contributed by atoms with E-state index in [1.54, 1.807) is 0 Å². The van der Waals surface area contributed by atoms with E-state index in [0.29, 0.717) is 11.6 Å². The minimum absolute atomic E-state index is 0.364. The molecule has 1 atom stereocenters. The van der Waals surface area contributed by atoms with Crippen molar-refractivity contribution in [3.05, 3.63) is 35.9 Å². The van der Waals surface area contributed by atoms with E-state index in [4.69, 9.17) is 0 Å². The summed E-state index contributed by atoms with van der Waals surface area (Å²) in [6.07, 6.45) is 8.34. The molecule has 1 saturated heterocycles. The second-order valence-corrected chi connectivity index (χ2v) is 4.95. The number of piperidine rings is 1. The molecule has 1 aliphatic rings. The Balaban J connectivity index is 2.09. The van der Waals surface area contributed by atoms with Crippen molar-refractivity contribution in [3.8, 4) is 0 Å². The lowest BCUT2D eigenvalue weighted by Crippen LogP contribution is -2.30. The van der Waals surface area contributed by atoms with Gasteiger partial charge in [-0.1, -0.05) is 6.42 Å². The molecule has 0 aliphatic carbocycles. The van der Waals surface area contributed by atoms with Gasteiger partial charge in [0.05, 0.1) is 17.8 Å². The zero-order valence-corrected chi connectivity index (χ0v) is 10.5. The number of aldehydes is 1. The molecule has 3 rings (SSSR count). The van der Waals surface area contributed by atoms with Crippen LogP contribution in [0.1, 0.15) is 41.5 Å². The largest absolute Gasteiger partial charge is 0.302 e. The van der Waals surface area contributed by atoms with Crippen molar-refractivity contribution < 1.29 is 4.79 Å². The molecule has 4 nitrogen and oxygen atoms in total. The minimum Gasteiger partial charge on any atom is -0.302 e. The molecule has 3 heterocycles. The van der Waals surface area contributed by atoms with Crippen LogP contribution in [0.5, 0.6) is 0 Å². The summed E-state index contributed by atoms with van der Waals surface area (Å²) in [5.41, 5.74) is 1.61. The van der Waals surface area contributed by atoms with Gasteiger partial charge in [-0.25, -0.2) is 4.98 Å². The Labute approximate surface area is 106 Å². The van der Waals surface area contributed by atoms with Gasteiger partial charge in [0.2, 0.25) is 0 Å². The van der Waals surface area contributed by atoms with Gasteiger partial charge in [-0.2, -0.15) is 0 Å². The zero-order valence-electron chi connectivity index (χ0n) is 10.5. The van der Waals surface area contributed by atoms with Crippen LogP contribution in [0.2, 0.25) is 0 Å². The number of fused-ring (bicyclic) bond motifs is 1. The monoisotopic (exact) mass is 243 g/mol. The molecule has 0 spiro atoms. The van der Waals surface area contributed by atoms with E-state index in [9.17, 15) is 4.79 Å². The maximum absolute atomic E-state index is 11.0. The van der Waals surface area contributed by atoms with Gasteiger partial charge in [-0.3, -0.25) is 9.69 Å². The van der Waals surface area contributed by atoms with E-state index in [1.807, 2.05) is 24.5 Å². The zero-order chi connectivity index (χ0) is 12.5. The average molecular weight is 243 g/mol. The van der Waals surface area contributed by atoms with Crippen molar-refractivity contribution >= 4 is 11.8 Å². The molecule has 18 heavy (non-hydrogen) atoms. The predicted octanol–water partition coefficient (Wildman–Crippen LogP) is 2.30. The fourth-order valence-corrected chi connectivity index (χ4v) is 2.81. The van der Waals surface area contributed by atoms with E-state index in [2.05, 4.69) is 21.3 Å². The van der Waals surface area contributed by atoms with E-state index >= 15 is 0 Å². The Kier molecular flexibility index (Phi) is 2.88. The fraction of sp³-hybridized carbons (Fsp3) is 0.429. The van der Waals surface area contributed by atoms with Crippen LogP contribution in [0, 0.1) is 0 Å². The normalized spacial score (nSPS) is 21.3. The third kappa shape index (κ3) is 1.73. The molecule has 4 heteroatoms. The van der Waals surface area contributed by atoms with Gasteiger partial charge in [0, 0.05) is 11.8 Å². The highest BCUT2D eigenvalue weighted by Gasteiger charge is 2.24. The quantitative estimate of drug-likeness (QED) is 0.760. The molecule has 0 saturated carbocycles. The van der Waals surface area contributed by atoms with Crippen LogP contribution in [0.3, 0.4) is 0 Å². The molecule has 0 bridgehead atoms. The highest BCUT2D eigenvalue weighted by Crippen LogP contribution is 2.29. The molecule has 0 N–H and O–H groups in total. The first-order chi connectivity index (χ1) is 8.81. The van der Waals surface area contributed by atoms with Crippen LogP contribution < -0.4 is 0 Å². The highest BCUT2D eigenvalue weighted by atomic mass is 16.1. The summed E-state index contributed by atoms with van der Waals surface area (Å²) in [7, 11) is 2.15. The van der Waals surface area contributed by atoms with Gasteiger partial charge in [0.25, 0.3) is 0 Å². The van der Waals surface area contributed by atoms with Crippen molar-refractivity contribution in [3.63, 3.8) is 0 Å². The van der Waals surface area contributed by atoms with Crippen molar-refractivity contribution in [2.45, 2.75) is 25.3 Å². The maximum Gasteiger partial charge on any atom is 0.152 e. The third-order valence-electron chi connectivity index (χ3n) is 3.83. The number of likely N-dealkylation sites (tertiary alicyclic amines) is 1. The van der Waals surface area contributed by atoms with Crippen molar-refractivity contribution in [2.24, 2.45) is 0 Å². The first-order valence-corrected chi connectivity index (χ1v) is 6.42. The standard InChI is InChI=1S/C14H17N3O/c1-16-7-3-2-6-12(16)14-15-9-13-11(10-18)5-4-8-17(13)14/h4-5,8-10,12H,2-3,6-7H2,1H3. The van der Waals surface area contributed by atoms with Crippen LogP contribution in [-0.4, -0.2) is 34.2 Å². The van der Waals surface area contributed by atoms with Crippen molar-refractivity contribution in [1.82, 2.24) is 14.3 Å². The summed E-state index contributed by atoms with van der Waals surface area (Å²) in [6.45, 7) is 1.12. The SMILES string of the molecule is CN1CCCCC1c1ncc2c(C=O)cccn12. The van der Waals surface area contributed by atoms with Gasteiger partial charge in [-0.05, 0) is 38.6 Å². The molecule has 0 radical (unpaired) electrons. The van der Waals surface area contributed by atoms with Crippen LogP contribution >= 0.6 is 0 Å². The summed E-state index contributed by atoms with van der Waals surface area (Å²) < 4.78 is 2.05. The van der Waals surface area contributed by atoms with Crippen molar-refractivity contribution in [1.29, 1.82) is 0 Å². The number of hydrogen-bond donors (Lipinski definition) is 0. The lowest BCUT2D eigenvalue weighted by Gasteiger charge is -2.31. The predicted molar refractivity (Wildman–Crippen MR) is 69.8 cm³/mol. The summed E-state index contributed by atoms with van der Waals surface area (Å²) in [5, 5.41) is 0. The van der Waals surface area contributed by atoms with Crippen LogP contribution in [0.25, 0.3) is 5.52 Å². The Morgan fingerprint density at radius 2 is 2.33 bits per heavy atom. The number of nitrogens with zero attached hydrogens (tertiary/aromatic N) is 3. The highest BCUT2D eigenvalue weighted by molar-refractivity contribution is 5.85. The van der Waals surface area contributed by atoms with E-state index in [0.717, 1.165) is 30.6 Å². The number of carbonyl (C=O) groups excluding carboxylic acids is 1. The van der Waals surface area contributed by atoms with E-state index < -0.39 is 0 Å². The molecule has 94 valence electrons. The Morgan fingerprint density at radius 1 is 1.44 bits per heavy atom. The number of hydrogen-bond acceptors (Lipinski definition) is 3. The summed E-state index contributed by atoms with van der Waals surface area (Å²) in [4.78, 5) is 17.9. The lowest BCUT2D eigenvalue weighted by atomic mass is 10.0. The number of aromatic nitrogens is 2. The first kappa shape index (κ1) is 11.4. The van der Waals surface area contributed by atoms with Gasteiger partial charge in [0.1, 0.15) is 5.82 Å². The second-order valence-electron chi connectivity index (χ2n) is 4.95. The fourth-order valence-electron chi connectivity index (χ4n) is 2.81. The van der Waals surface area contributed by atoms with Crippen LogP contribution in [-0.2, 0) is 0 Å². The van der Waals surface area contributed by atoms with Crippen LogP contribution in [0.4, 0.5) is 0 Å². The summed E-state index contributed by atoms with van der Waals surface area (Å²) in [6, 6.07) is 4.10. The maximum atomic E-state index is 11.0. The van der Waals surface area contributed by atoms with Crippen LogP contribution in [0.15, 0.2) is 24.5 Å². The average Bonchev–Trinajstić information content (AvgIpc) is 2.83. The summed E-state index contributed by atoms with van der Waals surface area (Å²) in [5.74, 6) is 1.05. The molecular weight excluding hydrogens is 226 g/mol. The summed E-state index contributed by atoms with van der Waals surface area (Å²) >= 11 is 0. The molecule has 1 aliphatic heterocycles. The molecular formula is C14H17N3O. The third-order valence-corrected chi connectivity index (χ3v) is 3.83. The lowest BCUT2D eigenvalue weighted by molar-refractivity contribution is 0.112. The van der Waals surface area contributed by atoms with Gasteiger partial charge in [0.15, 0.2) is 6.29 Å². The number of rotatable bonds is 2. The van der Waals surface area contributed by atoms with Gasteiger partial charge >= 0.3 is 0 Å². The van der Waals surface area contributed by atoms with Gasteiger partial charge < -0.3 is 4.40 Å². The second kappa shape index (κ2) is 4.53. The molecule has 2 aromatic heterocycles.